The molecule has 362 valence electrons. The van der Waals surface area contributed by atoms with Crippen LogP contribution in [0.3, 0.4) is 0 Å². The van der Waals surface area contributed by atoms with E-state index in [-0.39, 0.29) is 34.4 Å². The molecule has 7 rings (SSSR count). The lowest BCUT2D eigenvalue weighted by Gasteiger charge is -2.48. The van der Waals surface area contributed by atoms with Crippen LogP contribution < -0.4 is 0 Å². The number of hydrogen-bond acceptors (Lipinski definition) is 16. The van der Waals surface area contributed by atoms with Gasteiger partial charge in [0.05, 0.1) is 34.4 Å². The van der Waals surface area contributed by atoms with Gasteiger partial charge in [-0.25, -0.2) is 24.0 Å². The van der Waals surface area contributed by atoms with Gasteiger partial charge in [-0.15, -0.1) is 0 Å². The van der Waals surface area contributed by atoms with Crippen molar-refractivity contribution in [1.29, 1.82) is 0 Å². The number of rotatable bonds is 18. The highest BCUT2D eigenvalue weighted by Gasteiger charge is 2.57. The van der Waals surface area contributed by atoms with Crippen molar-refractivity contribution in [3.63, 3.8) is 0 Å². The molecule has 0 aromatic heterocycles. The van der Waals surface area contributed by atoms with Gasteiger partial charge in [0.2, 0.25) is 0 Å². The maximum atomic E-state index is 14.1. The predicted molar refractivity (Wildman–Crippen MR) is 249 cm³/mol. The molecule has 2 N–H and O–H groups in total. The third-order valence-electron chi connectivity index (χ3n) is 11.2. The monoisotopic (exact) mass is 962 g/mol. The maximum Gasteiger partial charge on any atom is 0.338 e. The van der Waals surface area contributed by atoms with Crippen LogP contribution in [0.25, 0.3) is 0 Å². The van der Waals surface area contributed by atoms with Crippen molar-refractivity contribution in [3.05, 3.63) is 179 Å². The number of aliphatic hydroxyl groups is 2. The van der Waals surface area contributed by atoms with E-state index >= 15 is 0 Å². The van der Waals surface area contributed by atoms with Crippen LogP contribution in [0.5, 0.6) is 0 Å². The molecule has 0 amide bonds. The molecule has 10 atom stereocenters. The van der Waals surface area contributed by atoms with Crippen LogP contribution in [-0.4, -0.2) is 129 Å². The van der Waals surface area contributed by atoms with Gasteiger partial charge in [-0.05, 0) is 66.7 Å². The number of hydrogen-bond donors (Lipinski definition) is 2. The first-order valence-electron chi connectivity index (χ1n) is 22.4. The van der Waals surface area contributed by atoms with Crippen molar-refractivity contribution >= 4 is 37.9 Å². The lowest BCUT2D eigenvalue weighted by Crippen LogP contribution is -2.67. The smallest absolute Gasteiger partial charge is 0.338 e. The number of ether oxygens (including phenoxy) is 9. The maximum absolute atomic E-state index is 14.1. The SMILES string of the molecule is C[Si](C)(C)CCO[C@@H]1O[C@H](CO)[C@@H](O[C@@H]2O[C@H](COC(=O)c3ccccc3)[C@H](OC(=O)c3ccccc3)[C@H](OC(=O)c3ccccc3)[C@H]2OC(=O)c2ccccc2)[C@H](O)[C@H]1OC(=O)c1ccccc1. The Labute approximate surface area is 399 Å². The molecule has 2 aliphatic heterocycles. The fraction of sp³-hybridized carbons (Fsp3) is 0.327. The molecule has 2 fully saturated rings. The summed E-state index contributed by atoms with van der Waals surface area (Å²) >= 11 is 0. The van der Waals surface area contributed by atoms with E-state index in [0.29, 0.717) is 6.04 Å². The Bertz CT molecular complexity index is 2460. The zero-order chi connectivity index (χ0) is 48.9. The Morgan fingerprint density at radius 2 is 0.855 bits per heavy atom. The lowest BCUT2D eigenvalue weighted by molar-refractivity contribution is -0.356. The molecule has 2 heterocycles. The van der Waals surface area contributed by atoms with Gasteiger partial charge in [-0.1, -0.05) is 111 Å². The molecule has 2 aliphatic rings. The van der Waals surface area contributed by atoms with Crippen LogP contribution in [0.2, 0.25) is 25.7 Å². The first kappa shape index (κ1) is 50.3. The third kappa shape index (κ3) is 13.4. The summed E-state index contributed by atoms with van der Waals surface area (Å²) in [5.74, 6) is -4.42. The summed E-state index contributed by atoms with van der Waals surface area (Å²) in [6.07, 6.45) is -16.6. The first-order chi connectivity index (χ1) is 33.3. The number of carbonyl (C=O) groups is 5. The molecule has 0 bridgehead atoms. The van der Waals surface area contributed by atoms with Crippen LogP contribution in [-0.2, 0) is 42.6 Å². The number of aliphatic hydroxyl groups excluding tert-OH is 2. The molecular weight excluding hydrogens is 909 g/mol. The summed E-state index contributed by atoms with van der Waals surface area (Å²) in [5.41, 5.74) is 0.540. The largest absolute Gasteiger partial charge is 0.459 e. The van der Waals surface area contributed by atoms with Crippen molar-refractivity contribution < 1.29 is 76.8 Å². The highest BCUT2D eigenvalue weighted by molar-refractivity contribution is 6.76. The standard InChI is InChI=1S/C52H54O16Si/c1-69(2,3)30-29-60-51-43(65-48(57)35-23-13-6-14-24-35)40(54)41(38(31-53)62-51)68-52-45(67-50(59)37-27-17-8-18-28-37)44(66-49(58)36-25-15-7-16-26-36)42(64-47(56)34-21-11-5-12-22-34)39(63-52)32-61-46(55)33-19-9-4-10-20-33/h4-28,38-45,51-54H,29-32H2,1-3H3/t38-,39-,40+,41-,42+,43-,44+,45-,51-,52+/m1/s1. The fourth-order valence-corrected chi connectivity index (χ4v) is 8.24. The highest BCUT2D eigenvalue weighted by atomic mass is 28.3. The Balaban J connectivity index is 1.30. The summed E-state index contributed by atoms with van der Waals surface area (Å²) in [7, 11) is -1.68. The average molecular weight is 963 g/mol. The van der Waals surface area contributed by atoms with Crippen LogP contribution >= 0.6 is 0 Å². The van der Waals surface area contributed by atoms with Crippen molar-refractivity contribution in [2.45, 2.75) is 87.1 Å². The van der Waals surface area contributed by atoms with Crippen LogP contribution in [0.4, 0.5) is 0 Å². The molecule has 17 heteroatoms. The van der Waals surface area contributed by atoms with Gasteiger partial charge < -0.3 is 52.8 Å². The minimum Gasteiger partial charge on any atom is -0.459 e. The summed E-state index contributed by atoms with van der Waals surface area (Å²) in [6.45, 7) is 5.14. The van der Waals surface area contributed by atoms with Gasteiger partial charge in [-0.2, -0.15) is 0 Å². The third-order valence-corrected chi connectivity index (χ3v) is 12.9. The molecule has 69 heavy (non-hydrogen) atoms. The van der Waals surface area contributed by atoms with Crippen molar-refractivity contribution in [2.75, 3.05) is 19.8 Å². The molecule has 0 spiro atoms. The van der Waals surface area contributed by atoms with Crippen LogP contribution in [0.15, 0.2) is 152 Å². The first-order valence-corrected chi connectivity index (χ1v) is 26.1. The molecule has 0 aliphatic carbocycles. The van der Waals surface area contributed by atoms with Crippen LogP contribution in [0.1, 0.15) is 51.8 Å². The normalized spacial score (nSPS) is 24.5. The minimum atomic E-state index is -1.90. The summed E-state index contributed by atoms with van der Waals surface area (Å²) in [6, 6.07) is 40.3. The Hall–Kier alpha value is -6.57. The number of esters is 5. The quantitative estimate of drug-likeness (QED) is 0.0562. The van der Waals surface area contributed by atoms with Crippen LogP contribution in [0, 0.1) is 0 Å². The van der Waals surface area contributed by atoms with E-state index in [1.165, 1.54) is 60.7 Å². The number of benzene rings is 5. The molecule has 0 radical (unpaired) electrons. The summed E-state index contributed by atoms with van der Waals surface area (Å²) in [5, 5.41) is 23.2. The van der Waals surface area contributed by atoms with Gasteiger partial charge in [0.25, 0.3) is 0 Å². The Morgan fingerprint density at radius 1 is 0.478 bits per heavy atom. The lowest BCUT2D eigenvalue weighted by atomic mass is 9.96. The second-order valence-corrected chi connectivity index (χ2v) is 23.1. The van der Waals surface area contributed by atoms with Gasteiger partial charge in [-0.3, -0.25) is 0 Å². The van der Waals surface area contributed by atoms with Crippen molar-refractivity contribution in [2.24, 2.45) is 0 Å². The zero-order valence-electron chi connectivity index (χ0n) is 38.1. The van der Waals surface area contributed by atoms with Gasteiger partial charge in [0, 0.05) is 14.7 Å². The molecule has 16 nitrogen and oxygen atoms in total. The Kier molecular flexibility index (Phi) is 17.2. The minimum absolute atomic E-state index is 0.0570. The summed E-state index contributed by atoms with van der Waals surface area (Å²) < 4.78 is 55.5. The second kappa shape index (κ2) is 23.6. The van der Waals surface area contributed by atoms with E-state index in [1.807, 2.05) is 0 Å². The van der Waals surface area contributed by atoms with E-state index in [0.717, 1.165) is 0 Å². The number of carbonyl (C=O) groups excluding carboxylic acids is 5. The molecule has 5 aromatic carbocycles. The van der Waals surface area contributed by atoms with E-state index in [1.54, 1.807) is 91.0 Å². The average Bonchev–Trinajstić information content (AvgIpc) is 3.37. The zero-order valence-corrected chi connectivity index (χ0v) is 39.1. The Morgan fingerprint density at radius 3 is 1.28 bits per heavy atom. The van der Waals surface area contributed by atoms with Gasteiger partial charge >= 0.3 is 29.8 Å². The molecule has 5 aromatic rings. The molecule has 0 saturated carbocycles. The van der Waals surface area contributed by atoms with Gasteiger partial charge in [0.1, 0.15) is 31.0 Å². The van der Waals surface area contributed by atoms with E-state index < -0.39 is 113 Å². The van der Waals surface area contributed by atoms with Crippen molar-refractivity contribution in [3.8, 4) is 0 Å². The van der Waals surface area contributed by atoms with Crippen molar-refractivity contribution in [1.82, 2.24) is 0 Å². The van der Waals surface area contributed by atoms with E-state index in [2.05, 4.69) is 19.6 Å². The summed E-state index contributed by atoms with van der Waals surface area (Å²) in [4.78, 5) is 69.3. The topological polar surface area (TPSA) is 209 Å². The van der Waals surface area contributed by atoms with E-state index in [9.17, 15) is 34.2 Å². The van der Waals surface area contributed by atoms with E-state index in [4.69, 9.17) is 42.6 Å². The predicted octanol–water partition coefficient (Wildman–Crippen LogP) is 6.29. The molecule has 2 saturated heterocycles. The highest BCUT2D eigenvalue weighted by Crippen LogP contribution is 2.36. The fourth-order valence-electron chi connectivity index (χ4n) is 7.51. The molecule has 0 unspecified atom stereocenters. The van der Waals surface area contributed by atoms with Gasteiger partial charge in [0.15, 0.2) is 37.0 Å². The molecular formula is C52H54O16Si. The second-order valence-electron chi connectivity index (χ2n) is 17.4.